The molecule has 0 saturated heterocycles. The molecule has 1 aromatic heterocycles. The van der Waals surface area contributed by atoms with Crippen LogP contribution in [0, 0.1) is 0 Å². The van der Waals surface area contributed by atoms with Crippen LogP contribution in [0.3, 0.4) is 0 Å². The molecular weight excluding hydrogens is 384 g/mol. The number of nitrogens with zero attached hydrogens (tertiary/aromatic N) is 2. The van der Waals surface area contributed by atoms with Gasteiger partial charge in [-0.15, -0.1) is 17.9 Å². The van der Waals surface area contributed by atoms with Gasteiger partial charge in [0.1, 0.15) is 11.5 Å². The van der Waals surface area contributed by atoms with Crippen molar-refractivity contribution in [3.63, 3.8) is 0 Å². The molecule has 6 heteroatoms. The Hall–Kier alpha value is -3.12. The lowest BCUT2D eigenvalue weighted by Gasteiger charge is -2.18. The Morgan fingerprint density at radius 1 is 1.14 bits per heavy atom. The summed E-state index contributed by atoms with van der Waals surface area (Å²) < 4.78 is 10.6. The molecule has 0 fully saturated rings. The molecule has 0 radical (unpaired) electrons. The number of aryl methyl sites for hydroxylation is 1. The lowest BCUT2D eigenvalue weighted by molar-refractivity contribution is -0.118. The number of carbonyl (C=O) groups excluding carboxylic acids is 1. The molecule has 0 N–H and O–H groups in total. The van der Waals surface area contributed by atoms with E-state index in [0.717, 1.165) is 16.8 Å². The van der Waals surface area contributed by atoms with Crippen molar-refractivity contribution < 1.29 is 14.3 Å². The molecule has 2 aromatic carbocycles. The molecule has 0 aliphatic carbocycles. The average Bonchev–Trinajstić information content (AvgIpc) is 3.26. The minimum atomic E-state index is 0.000600. The highest BCUT2D eigenvalue weighted by Crippen LogP contribution is 2.28. The smallest absolute Gasteiger partial charge is 0.229 e. The van der Waals surface area contributed by atoms with Crippen LogP contribution < -0.4 is 14.4 Å². The molecule has 0 unspecified atom stereocenters. The first-order chi connectivity index (χ1) is 14.1. The lowest BCUT2D eigenvalue weighted by Crippen LogP contribution is -2.31. The van der Waals surface area contributed by atoms with Gasteiger partial charge in [-0.05, 0) is 24.1 Å². The zero-order chi connectivity index (χ0) is 20.6. The molecule has 3 rings (SSSR count). The van der Waals surface area contributed by atoms with Crippen LogP contribution in [-0.2, 0) is 11.2 Å². The van der Waals surface area contributed by atoms with Gasteiger partial charge in [0.05, 0.1) is 19.9 Å². The highest BCUT2D eigenvalue weighted by atomic mass is 32.1. The fourth-order valence-corrected chi connectivity index (χ4v) is 3.80. The standard InChI is InChI=1S/C23H24N2O3S/c1-4-12-25(23-24-21(16-29-23)18-8-6-5-7-9-18)22(26)11-10-17-13-19(27-2)15-20(14-17)28-3/h4-9,13-16H,1,10-12H2,2-3H3. The van der Waals surface area contributed by atoms with Crippen molar-refractivity contribution in [1.82, 2.24) is 4.98 Å². The molecule has 0 saturated carbocycles. The molecule has 5 nitrogen and oxygen atoms in total. The topological polar surface area (TPSA) is 51.7 Å². The summed E-state index contributed by atoms with van der Waals surface area (Å²) in [5.74, 6) is 1.42. The fourth-order valence-electron chi connectivity index (χ4n) is 2.94. The van der Waals surface area contributed by atoms with Crippen molar-refractivity contribution in [1.29, 1.82) is 0 Å². The van der Waals surface area contributed by atoms with Crippen LogP contribution in [0.25, 0.3) is 11.3 Å². The third-order valence-corrected chi connectivity index (χ3v) is 5.31. The molecule has 0 aliphatic heterocycles. The predicted molar refractivity (Wildman–Crippen MR) is 118 cm³/mol. The van der Waals surface area contributed by atoms with E-state index < -0.39 is 0 Å². The SMILES string of the molecule is C=CCN(C(=O)CCc1cc(OC)cc(OC)c1)c1nc(-c2ccccc2)cs1. The first-order valence-electron chi connectivity index (χ1n) is 9.28. The number of benzene rings is 2. The Balaban J connectivity index is 1.74. The molecule has 0 spiro atoms. The van der Waals surface area contributed by atoms with E-state index in [1.807, 2.05) is 53.9 Å². The second-order valence-electron chi connectivity index (χ2n) is 6.40. The summed E-state index contributed by atoms with van der Waals surface area (Å²) in [6, 6.07) is 15.6. The first-order valence-corrected chi connectivity index (χ1v) is 10.2. The zero-order valence-corrected chi connectivity index (χ0v) is 17.4. The van der Waals surface area contributed by atoms with Crippen molar-refractivity contribution in [2.75, 3.05) is 25.7 Å². The molecule has 150 valence electrons. The molecule has 0 aliphatic rings. The summed E-state index contributed by atoms with van der Waals surface area (Å²) in [5, 5.41) is 2.65. The van der Waals surface area contributed by atoms with Crippen LogP contribution in [0.4, 0.5) is 5.13 Å². The number of rotatable bonds is 9. The normalized spacial score (nSPS) is 10.4. The van der Waals surface area contributed by atoms with Gasteiger partial charge < -0.3 is 9.47 Å². The molecular formula is C23H24N2O3S. The van der Waals surface area contributed by atoms with E-state index in [9.17, 15) is 4.79 Å². The van der Waals surface area contributed by atoms with Crippen molar-refractivity contribution in [3.05, 3.63) is 72.1 Å². The second-order valence-corrected chi connectivity index (χ2v) is 7.23. The molecule has 1 heterocycles. The molecule has 3 aromatic rings. The number of methoxy groups -OCH3 is 2. The highest BCUT2D eigenvalue weighted by molar-refractivity contribution is 7.14. The van der Waals surface area contributed by atoms with E-state index in [1.54, 1.807) is 25.2 Å². The largest absolute Gasteiger partial charge is 0.497 e. The molecule has 0 atom stereocenters. The van der Waals surface area contributed by atoms with Gasteiger partial charge in [-0.2, -0.15) is 0 Å². The van der Waals surface area contributed by atoms with Gasteiger partial charge in [-0.3, -0.25) is 9.69 Å². The van der Waals surface area contributed by atoms with Crippen LogP contribution in [-0.4, -0.2) is 31.7 Å². The van der Waals surface area contributed by atoms with Gasteiger partial charge in [0.25, 0.3) is 0 Å². The minimum Gasteiger partial charge on any atom is -0.497 e. The Labute approximate surface area is 175 Å². The van der Waals surface area contributed by atoms with E-state index in [4.69, 9.17) is 9.47 Å². The summed E-state index contributed by atoms with van der Waals surface area (Å²) in [5.41, 5.74) is 2.88. The van der Waals surface area contributed by atoms with Crippen LogP contribution in [0.15, 0.2) is 66.6 Å². The average molecular weight is 409 g/mol. The lowest BCUT2D eigenvalue weighted by atomic mass is 10.1. The van der Waals surface area contributed by atoms with E-state index >= 15 is 0 Å². The molecule has 1 amide bonds. The van der Waals surface area contributed by atoms with E-state index in [-0.39, 0.29) is 5.91 Å². The number of carbonyl (C=O) groups is 1. The maximum Gasteiger partial charge on any atom is 0.229 e. The van der Waals surface area contributed by atoms with Crippen LogP contribution in [0.2, 0.25) is 0 Å². The maximum atomic E-state index is 12.9. The van der Waals surface area contributed by atoms with E-state index in [1.165, 1.54) is 11.3 Å². The van der Waals surface area contributed by atoms with Gasteiger partial charge in [0.15, 0.2) is 5.13 Å². The van der Waals surface area contributed by atoms with Crippen LogP contribution in [0.5, 0.6) is 11.5 Å². The third kappa shape index (κ3) is 5.23. The summed E-state index contributed by atoms with van der Waals surface area (Å²) in [7, 11) is 3.23. The third-order valence-electron chi connectivity index (χ3n) is 4.44. The second kappa shape index (κ2) is 9.89. The number of hydrogen-bond donors (Lipinski definition) is 0. The van der Waals surface area contributed by atoms with Gasteiger partial charge in [-0.25, -0.2) is 4.98 Å². The molecule has 29 heavy (non-hydrogen) atoms. The number of ether oxygens (including phenoxy) is 2. The number of thiazole rings is 1. The summed E-state index contributed by atoms with van der Waals surface area (Å²) in [6.07, 6.45) is 2.65. The zero-order valence-electron chi connectivity index (χ0n) is 16.6. The predicted octanol–water partition coefficient (Wildman–Crippen LogP) is 4.98. The van der Waals surface area contributed by atoms with Crippen molar-refractivity contribution in [2.24, 2.45) is 0 Å². The van der Waals surface area contributed by atoms with E-state index in [2.05, 4.69) is 11.6 Å². The summed E-state index contributed by atoms with van der Waals surface area (Å²) in [4.78, 5) is 19.3. The molecule has 0 bridgehead atoms. The first kappa shape index (κ1) is 20.6. The van der Waals surface area contributed by atoms with Crippen molar-refractivity contribution in [3.8, 4) is 22.8 Å². The fraction of sp³-hybridized carbons (Fsp3) is 0.217. The summed E-state index contributed by atoms with van der Waals surface area (Å²) in [6.45, 7) is 4.21. The maximum absolute atomic E-state index is 12.9. The van der Waals surface area contributed by atoms with Crippen molar-refractivity contribution >= 4 is 22.4 Å². The quantitative estimate of drug-likeness (QED) is 0.469. The number of aromatic nitrogens is 1. The number of anilines is 1. The Bertz CT molecular complexity index is 947. The Morgan fingerprint density at radius 3 is 2.45 bits per heavy atom. The van der Waals surface area contributed by atoms with Crippen molar-refractivity contribution in [2.45, 2.75) is 12.8 Å². The Morgan fingerprint density at radius 2 is 1.83 bits per heavy atom. The highest BCUT2D eigenvalue weighted by Gasteiger charge is 2.18. The van der Waals surface area contributed by atoms with E-state index in [0.29, 0.717) is 36.0 Å². The summed E-state index contributed by atoms with van der Waals surface area (Å²) >= 11 is 1.46. The van der Waals surface area contributed by atoms with Gasteiger partial charge in [0.2, 0.25) is 5.91 Å². The number of amides is 1. The number of hydrogen-bond acceptors (Lipinski definition) is 5. The minimum absolute atomic E-state index is 0.000600. The van der Waals surface area contributed by atoms with Gasteiger partial charge >= 0.3 is 0 Å². The van der Waals surface area contributed by atoms with Crippen LogP contribution in [0.1, 0.15) is 12.0 Å². The van der Waals surface area contributed by atoms with Gasteiger partial charge in [-0.1, -0.05) is 36.4 Å². The van der Waals surface area contributed by atoms with Gasteiger partial charge in [0, 0.05) is 30.0 Å². The Kier molecular flexibility index (Phi) is 7.03. The van der Waals surface area contributed by atoms with Crippen LogP contribution >= 0.6 is 11.3 Å². The monoisotopic (exact) mass is 408 g/mol.